The summed E-state index contributed by atoms with van der Waals surface area (Å²) < 4.78 is 0. The van der Waals surface area contributed by atoms with Gasteiger partial charge in [0.15, 0.2) is 0 Å². The molecule has 0 fully saturated rings. The maximum absolute atomic E-state index is 11.7. The normalized spacial score (nSPS) is 10.4. The van der Waals surface area contributed by atoms with Gasteiger partial charge in [-0.1, -0.05) is 36.4 Å². The van der Waals surface area contributed by atoms with Crippen molar-refractivity contribution in [2.75, 3.05) is 5.75 Å². The van der Waals surface area contributed by atoms with Gasteiger partial charge < -0.3 is 0 Å². The third kappa shape index (κ3) is 5.61. The van der Waals surface area contributed by atoms with Crippen LogP contribution in [0.2, 0.25) is 0 Å². The summed E-state index contributed by atoms with van der Waals surface area (Å²) in [4.78, 5) is 11.7. The van der Waals surface area contributed by atoms with E-state index in [0.29, 0.717) is 11.3 Å². The van der Waals surface area contributed by atoms with E-state index in [1.165, 1.54) is 11.1 Å². The van der Waals surface area contributed by atoms with Crippen molar-refractivity contribution in [1.82, 2.24) is 5.43 Å². The minimum atomic E-state index is -0.131. The summed E-state index contributed by atoms with van der Waals surface area (Å²) in [5.41, 5.74) is 6.41. The summed E-state index contributed by atoms with van der Waals surface area (Å²) >= 11 is 1.56. The maximum atomic E-state index is 11.7. The van der Waals surface area contributed by atoms with E-state index in [9.17, 15) is 4.79 Å². The number of amides is 1. The Morgan fingerprint density at radius 1 is 1.26 bits per heavy atom. The minimum Gasteiger partial charge on any atom is -0.272 e. The molecule has 4 nitrogen and oxygen atoms in total. The molecule has 1 N–H and O–H groups in total. The molecule has 2 aromatic carbocycles. The zero-order valence-electron chi connectivity index (χ0n) is 12.8. The number of carbonyl (C=O) groups is 1. The second-order valence-electron chi connectivity index (χ2n) is 4.95. The molecule has 0 aromatic heterocycles. The van der Waals surface area contributed by atoms with Crippen LogP contribution in [-0.2, 0) is 10.5 Å². The van der Waals surface area contributed by atoms with Gasteiger partial charge in [0.05, 0.1) is 23.6 Å². The molecule has 0 bridgehead atoms. The quantitative estimate of drug-likeness (QED) is 0.655. The lowest BCUT2D eigenvalue weighted by molar-refractivity contribution is -0.118. The number of nitrogens with zero attached hydrogens (tertiary/aromatic N) is 2. The van der Waals surface area contributed by atoms with Crippen molar-refractivity contribution in [3.05, 3.63) is 70.8 Å². The predicted octanol–water partition coefficient (Wildman–Crippen LogP) is 3.25. The zero-order chi connectivity index (χ0) is 16.5. The Morgan fingerprint density at radius 3 is 2.70 bits per heavy atom. The number of thioether (sulfide) groups is 1. The van der Waals surface area contributed by atoms with Gasteiger partial charge in [-0.05, 0) is 35.7 Å². The topological polar surface area (TPSA) is 65.2 Å². The Morgan fingerprint density at radius 2 is 2.00 bits per heavy atom. The van der Waals surface area contributed by atoms with Crippen molar-refractivity contribution in [3.8, 4) is 6.07 Å². The first-order chi connectivity index (χ1) is 11.2. The smallest absolute Gasteiger partial charge is 0.250 e. The van der Waals surface area contributed by atoms with Crippen molar-refractivity contribution in [1.29, 1.82) is 5.26 Å². The molecule has 2 aromatic rings. The van der Waals surface area contributed by atoms with Gasteiger partial charge in [-0.2, -0.15) is 10.4 Å². The Bertz CT molecular complexity index is 733. The highest BCUT2D eigenvalue weighted by molar-refractivity contribution is 7.99. The number of nitrogens with one attached hydrogen (secondary N) is 1. The lowest BCUT2D eigenvalue weighted by Crippen LogP contribution is -2.19. The van der Waals surface area contributed by atoms with E-state index in [2.05, 4.69) is 35.7 Å². The van der Waals surface area contributed by atoms with E-state index in [0.717, 1.165) is 11.3 Å². The van der Waals surface area contributed by atoms with Crippen molar-refractivity contribution in [3.63, 3.8) is 0 Å². The number of aryl methyl sites for hydroxylation is 1. The first-order valence-electron chi connectivity index (χ1n) is 7.13. The average molecular weight is 323 g/mol. The minimum absolute atomic E-state index is 0.131. The standard InChI is InChI=1S/C18H17N3OS/c1-14-4-2-3-5-17(14)12-23-13-18(22)21-20-11-16-8-6-15(10-19)7-9-16/h2-9,11H,12-13H2,1H3,(H,21,22)/b20-11-. The molecule has 5 heteroatoms. The number of carbonyl (C=O) groups excluding carboxylic acids is 1. The molecular weight excluding hydrogens is 306 g/mol. The fourth-order valence-corrected chi connectivity index (χ4v) is 2.78. The molecule has 0 atom stereocenters. The lowest BCUT2D eigenvalue weighted by Gasteiger charge is -2.04. The molecule has 116 valence electrons. The fourth-order valence-electron chi connectivity index (χ4n) is 1.88. The largest absolute Gasteiger partial charge is 0.272 e. The number of hydrogen-bond acceptors (Lipinski definition) is 4. The van der Waals surface area contributed by atoms with Crippen molar-refractivity contribution < 1.29 is 4.79 Å². The molecule has 0 aliphatic rings. The van der Waals surface area contributed by atoms with E-state index >= 15 is 0 Å². The van der Waals surface area contributed by atoms with Crippen LogP contribution in [0.1, 0.15) is 22.3 Å². The summed E-state index contributed by atoms with van der Waals surface area (Å²) in [6, 6.07) is 17.2. The van der Waals surface area contributed by atoms with Crippen LogP contribution in [0.5, 0.6) is 0 Å². The van der Waals surface area contributed by atoms with Crippen molar-refractivity contribution in [2.45, 2.75) is 12.7 Å². The highest BCUT2D eigenvalue weighted by atomic mass is 32.2. The molecular formula is C18H17N3OS. The van der Waals surface area contributed by atoms with Crippen LogP contribution < -0.4 is 5.43 Å². The second kappa shape index (κ2) is 8.76. The third-order valence-corrected chi connectivity index (χ3v) is 4.18. The Labute approximate surface area is 140 Å². The maximum Gasteiger partial charge on any atom is 0.250 e. The molecule has 0 aliphatic heterocycles. The fraction of sp³-hybridized carbons (Fsp3) is 0.167. The van der Waals surface area contributed by atoms with Gasteiger partial charge >= 0.3 is 0 Å². The lowest BCUT2D eigenvalue weighted by atomic mass is 10.1. The Hall–Kier alpha value is -2.58. The van der Waals surface area contributed by atoms with E-state index in [1.54, 1.807) is 42.2 Å². The SMILES string of the molecule is Cc1ccccc1CSCC(=O)N/N=C\c1ccc(C#N)cc1. The number of hydrazone groups is 1. The molecule has 1 amide bonds. The van der Waals surface area contributed by atoms with Crippen LogP contribution in [0.4, 0.5) is 0 Å². The average Bonchev–Trinajstić information content (AvgIpc) is 2.57. The molecule has 0 heterocycles. The van der Waals surface area contributed by atoms with Crippen LogP contribution in [0, 0.1) is 18.3 Å². The molecule has 0 saturated heterocycles. The van der Waals surface area contributed by atoms with Gasteiger partial charge in [-0.3, -0.25) is 4.79 Å². The summed E-state index contributed by atoms with van der Waals surface area (Å²) in [5.74, 6) is 1.03. The Kier molecular flexibility index (Phi) is 6.40. The molecule has 2 rings (SSSR count). The van der Waals surface area contributed by atoms with Gasteiger partial charge in [0.2, 0.25) is 5.91 Å². The summed E-state index contributed by atoms with van der Waals surface area (Å²) in [6.07, 6.45) is 1.56. The second-order valence-corrected chi connectivity index (χ2v) is 5.93. The van der Waals surface area contributed by atoms with Crippen LogP contribution in [0.25, 0.3) is 0 Å². The molecule has 23 heavy (non-hydrogen) atoms. The van der Waals surface area contributed by atoms with E-state index < -0.39 is 0 Å². The molecule has 0 radical (unpaired) electrons. The van der Waals surface area contributed by atoms with E-state index in [1.807, 2.05) is 12.1 Å². The number of nitriles is 1. The van der Waals surface area contributed by atoms with Crippen LogP contribution in [0.3, 0.4) is 0 Å². The van der Waals surface area contributed by atoms with Crippen LogP contribution in [0.15, 0.2) is 53.6 Å². The van der Waals surface area contributed by atoms with Crippen LogP contribution >= 0.6 is 11.8 Å². The molecule has 0 spiro atoms. The zero-order valence-corrected chi connectivity index (χ0v) is 13.6. The highest BCUT2D eigenvalue weighted by Gasteiger charge is 2.02. The van der Waals surface area contributed by atoms with Gasteiger partial charge in [-0.25, -0.2) is 5.43 Å². The van der Waals surface area contributed by atoms with Crippen molar-refractivity contribution in [2.24, 2.45) is 5.10 Å². The van der Waals surface area contributed by atoms with Crippen molar-refractivity contribution >= 4 is 23.9 Å². The molecule has 0 saturated carbocycles. The first kappa shape index (κ1) is 16.8. The Balaban J connectivity index is 1.73. The summed E-state index contributed by atoms with van der Waals surface area (Å²) in [6.45, 7) is 2.07. The van der Waals surface area contributed by atoms with Gasteiger partial charge in [-0.15, -0.1) is 11.8 Å². The monoisotopic (exact) mass is 323 g/mol. The van der Waals surface area contributed by atoms with E-state index in [4.69, 9.17) is 5.26 Å². The third-order valence-electron chi connectivity index (χ3n) is 3.19. The first-order valence-corrected chi connectivity index (χ1v) is 8.29. The number of benzene rings is 2. The van der Waals surface area contributed by atoms with E-state index in [-0.39, 0.29) is 5.91 Å². The van der Waals surface area contributed by atoms with Gasteiger partial charge in [0.1, 0.15) is 0 Å². The molecule has 0 unspecified atom stereocenters. The summed E-state index contributed by atoms with van der Waals surface area (Å²) in [5, 5.41) is 12.6. The van der Waals surface area contributed by atoms with Gasteiger partial charge in [0.25, 0.3) is 0 Å². The number of hydrogen-bond donors (Lipinski definition) is 1. The predicted molar refractivity (Wildman–Crippen MR) is 94.2 cm³/mol. The number of rotatable bonds is 6. The van der Waals surface area contributed by atoms with Gasteiger partial charge in [0, 0.05) is 5.75 Å². The molecule has 0 aliphatic carbocycles. The van der Waals surface area contributed by atoms with Crippen LogP contribution in [-0.4, -0.2) is 17.9 Å². The highest BCUT2D eigenvalue weighted by Crippen LogP contribution is 2.15. The summed E-state index contributed by atoms with van der Waals surface area (Å²) in [7, 11) is 0.